The Balaban J connectivity index is 2.06. The number of hydrogen-bond acceptors (Lipinski definition) is 4. The van der Waals surface area contributed by atoms with Crippen LogP contribution in [0.5, 0.6) is 5.75 Å². The third kappa shape index (κ3) is 3.58. The molecule has 22 heavy (non-hydrogen) atoms. The van der Waals surface area contributed by atoms with Crippen molar-refractivity contribution in [2.75, 3.05) is 24.4 Å². The number of amides is 2. The summed E-state index contributed by atoms with van der Waals surface area (Å²) in [5.41, 5.74) is 1.34. The number of aromatic nitrogens is 1. The Hall–Kier alpha value is -2.50. The van der Waals surface area contributed by atoms with Crippen molar-refractivity contribution in [1.29, 1.82) is 0 Å². The van der Waals surface area contributed by atoms with Gasteiger partial charge in [0.05, 0.1) is 12.8 Å². The molecule has 0 radical (unpaired) electrons. The van der Waals surface area contributed by atoms with E-state index in [-0.39, 0.29) is 11.4 Å². The molecule has 1 aromatic carbocycles. The molecule has 0 unspecified atom stereocenters. The highest BCUT2D eigenvalue weighted by Gasteiger charge is 2.22. The molecule has 1 heterocycles. The van der Waals surface area contributed by atoms with E-state index in [0.29, 0.717) is 11.6 Å². The van der Waals surface area contributed by atoms with Gasteiger partial charge in [-0.1, -0.05) is 25.9 Å². The highest BCUT2D eigenvalue weighted by molar-refractivity contribution is 6.00. The number of rotatable bonds is 3. The second-order valence-electron chi connectivity index (χ2n) is 6.02. The summed E-state index contributed by atoms with van der Waals surface area (Å²) >= 11 is 0. The number of urea groups is 1. The maximum absolute atomic E-state index is 12.2. The number of anilines is 2. The quantitative estimate of drug-likeness (QED) is 0.939. The summed E-state index contributed by atoms with van der Waals surface area (Å²) in [6.45, 7) is 6.10. The monoisotopic (exact) mass is 303 g/mol. The van der Waals surface area contributed by atoms with Crippen LogP contribution in [0, 0.1) is 0 Å². The van der Waals surface area contributed by atoms with Crippen molar-refractivity contribution in [3.8, 4) is 5.75 Å². The molecule has 1 aromatic heterocycles. The number of carbonyl (C=O) groups is 1. The van der Waals surface area contributed by atoms with Gasteiger partial charge < -0.3 is 14.6 Å². The van der Waals surface area contributed by atoms with Crippen LogP contribution < -0.4 is 15.0 Å². The first-order chi connectivity index (χ1) is 10.3. The van der Waals surface area contributed by atoms with Crippen LogP contribution in [0.4, 0.5) is 16.4 Å². The van der Waals surface area contributed by atoms with E-state index in [2.05, 4.69) is 10.5 Å². The molecule has 0 aliphatic heterocycles. The first-order valence-corrected chi connectivity index (χ1v) is 6.97. The van der Waals surface area contributed by atoms with Crippen molar-refractivity contribution in [3.05, 3.63) is 36.0 Å². The van der Waals surface area contributed by atoms with Crippen LogP contribution in [0.25, 0.3) is 0 Å². The van der Waals surface area contributed by atoms with E-state index in [1.165, 1.54) is 4.90 Å². The maximum atomic E-state index is 12.2. The molecule has 2 rings (SSSR count). The van der Waals surface area contributed by atoms with Gasteiger partial charge in [-0.05, 0) is 24.3 Å². The topological polar surface area (TPSA) is 67.6 Å². The van der Waals surface area contributed by atoms with E-state index < -0.39 is 0 Å². The van der Waals surface area contributed by atoms with Gasteiger partial charge in [0, 0.05) is 24.2 Å². The van der Waals surface area contributed by atoms with Gasteiger partial charge >= 0.3 is 6.03 Å². The van der Waals surface area contributed by atoms with Crippen molar-refractivity contribution < 1.29 is 14.1 Å². The fourth-order valence-corrected chi connectivity index (χ4v) is 1.76. The lowest BCUT2D eigenvalue weighted by Gasteiger charge is -2.15. The van der Waals surface area contributed by atoms with E-state index in [4.69, 9.17) is 9.26 Å². The number of hydrogen-bond donors (Lipinski definition) is 1. The summed E-state index contributed by atoms with van der Waals surface area (Å²) in [4.78, 5) is 13.6. The normalized spacial score (nSPS) is 11.1. The minimum absolute atomic E-state index is 0.130. The van der Waals surface area contributed by atoms with E-state index in [0.717, 1.165) is 11.4 Å². The van der Waals surface area contributed by atoms with Crippen LogP contribution in [0.3, 0.4) is 0 Å². The Morgan fingerprint density at radius 3 is 2.41 bits per heavy atom. The van der Waals surface area contributed by atoms with Crippen LogP contribution in [-0.4, -0.2) is 25.3 Å². The zero-order valence-corrected chi connectivity index (χ0v) is 13.5. The summed E-state index contributed by atoms with van der Waals surface area (Å²) < 4.78 is 10.3. The van der Waals surface area contributed by atoms with Crippen molar-refractivity contribution >= 4 is 17.6 Å². The standard InChI is InChI=1S/C16H21N3O3/c1-16(2,3)13-10-14(22-18-13)19(4)15(20)17-11-6-8-12(21-5)9-7-11/h6-10H,1-5H3,(H,17,20). The Bertz CT molecular complexity index is 641. The smallest absolute Gasteiger partial charge is 0.328 e. The third-order valence-corrected chi connectivity index (χ3v) is 3.24. The van der Waals surface area contributed by atoms with Crippen LogP contribution in [0.1, 0.15) is 26.5 Å². The van der Waals surface area contributed by atoms with Gasteiger partial charge in [0.25, 0.3) is 0 Å². The predicted molar refractivity (Wildman–Crippen MR) is 85.6 cm³/mol. The lowest BCUT2D eigenvalue weighted by atomic mass is 9.92. The molecule has 0 aliphatic carbocycles. The van der Waals surface area contributed by atoms with E-state index in [1.807, 2.05) is 20.8 Å². The van der Waals surface area contributed by atoms with Crippen molar-refractivity contribution in [2.24, 2.45) is 0 Å². The molecule has 0 atom stereocenters. The highest BCUT2D eigenvalue weighted by atomic mass is 16.5. The van der Waals surface area contributed by atoms with Crippen LogP contribution in [0.15, 0.2) is 34.9 Å². The molecule has 0 bridgehead atoms. The summed E-state index contributed by atoms with van der Waals surface area (Å²) in [5, 5.41) is 6.79. The SMILES string of the molecule is COc1ccc(NC(=O)N(C)c2cc(C(C)(C)C)no2)cc1. The molecule has 0 fully saturated rings. The van der Waals surface area contributed by atoms with Gasteiger partial charge in [0.2, 0.25) is 5.88 Å². The summed E-state index contributed by atoms with van der Waals surface area (Å²) in [5.74, 6) is 1.13. The summed E-state index contributed by atoms with van der Waals surface area (Å²) in [6, 6.07) is 8.57. The number of benzene rings is 1. The molecular weight excluding hydrogens is 282 g/mol. The summed E-state index contributed by atoms with van der Waals surface area (Å²) in [7, 11) is 3.23. The Labute approximate surface area is 130 Å². The number of nitrogens with one attached hydrogen (secondary N) is 1. The van der Waals surface area contributed by atoms with Crippen LogP contribution in [0.2, 0.25) is 0 Å². The van der Waals surface area contributed by atoms with Crippen molar-refractivity contribution in [1.82, 2.24) is 5.16 Å². The second-order valence-corrected chi connectivity index (χ2v) is 6.02. The van der Waals surface area contributed by atoms with Gasteiger partial charge in [-0.25, -0.2) is 4.79 Å². The van der Waals surface area contributed by atoms with Gasteiger partial charge in [-0.3, -0.25) is 4.90 Å². The molecule has 2 aromatic rings. The van der Waals surface area contributed by atoms with Crippen LogP contribution >= 0.6 is 0 Å². The number of carbonyl (C=O) groups excluding carboxylic acids is 1. The minimum atomic E-state index is -0.304. The third-order valence-electron chi connectivity index (χ3n) is 3.24. The van der Waals surface area contributed by atoms with Gasteiger partial charge in [0.15, 0.2) is 0 Å². The zero-order valence-electron chi connectivity index (χ0n) is 13.5. The first kappa shape index (κ1) is 15.9. The van der Waals surface area contributed by atoms with E-state index >= 15 is 0 Å². The van der Waals surface area contributed by atoms with E-state index in [1.54, 1.807) is 44.5 Å². The molecule has 2 amide bonds. The Morgan fingerprint density at radius 2 is 1.91 bits per heavy atom. The number of nitrogens with zero attached hydrogens (tertiary/aromatic N) is 2. The molecule has 6 nitrogen and oxygen atoms in total. The molecule has 118 valence electrons. The lowest BCUT2D eigenvalue weighted by molar-refractivity contribution is 0.256. The summed E-state index contributed by atoms with van der Waals surface area (Å²) in [6.07, 6.45) is 0. The number of methoxy groups -OCH3 is 1. The molecule has 0 saturated heterocycles. The van der Waals surface area contributed by atoms with Crippen LogP contribution in [-0.2, 0) is 5.41 Å². The number of ether oxygens (including phenoxy) is 1. The molecule has 6 heteroatoms. The largest absolute Gasteiger partial charge is 0.497 e. The van der Waals surface area contributed by atoms with Gasteiger partial charge in [0.1, 0.15) is 5.75 Å². The second kappa shape index (κ2) is 6.09. The highest BCUT2D eigenvalue weighted by Crippen LogP contribution is 2.25. The fourth-order valence-electron chi connectivity index (χ4n) is 1.76. The minimum Gasteiger partial charge on any atom is -0.497 e. The molecule has 0 saturated carbocycles. The Kier molecular flexibility index (Phi) is 4.40. The average Bonchev–Trinajstić information content (AvgIpc) is 2.97. The average molecular weight is 303 g/mol. The van der Waals surface area contributed by atoms with Gasteiger partial charge in [-0.2, -0.15) is 0 Å². The van der Waals surface area contributed by atoms with Crippen molar-refractivity contribution in [3.63, 3.8) is 0 Å². The van der Waals surface area contributed by atoms with E-state index in [9.17, 15) is 4.79 Å². The maximum Gasteiger partial charge on any atom is 0.328 e. The molecule has 0 aliphatic rings. The predicted octanol–water partition coefficient (Wildman–Crippen LogP) is 3.65. The molecule has 0 spiro atoms. The van der Waals surface area contributed by atoms with Gasteiger partial charge in [-0.15, -0.1) is 0 Å². The molecule has 1 N–H and O–H groups in total. The van der Waals surface area contributed by atoms with Crippen molar-refractivity contribution in [2.45, 2.75) is 26.2 Å². The Morgan fingerprint density at radius 1 is 1.27 bits per heavy atom. The first-order valence-electron chi connectivity index (χ1n) is 6.97. The zero-order chi connectivity index (χ0) is 16.3. The lowest BCUT2D eigenvalue weighted by Crippen LogP contribution is -2.30. The fraction of sp³-hybridized carbons (Fsp3) is 0.375. The molecular formula is C16H21N3O3.